The summed E-state index contributed by atoms with van der Waals surface area (Å²) in [6, 6.07) is 8.38. The van der Waals surface area contributed by atoms with E-state index in [2.05, 4.69) is 41.5 Å². The number of aryl methyl sites for hydroxylation is 1. The summed E-state index contributed by atoms with van der Waals surface area (Å²) in [4.78, 5) is 5.84. The van der Waals surface area contributed by atoms with Gasteiger partial charge in [0.05, 0.1) is 10.9 Å². The van der Waals surface area contributed by atoms with Gasteiger partial charge in [0.15, 0.2) is 0 Å². The maximum atomic E-state index is 6.28. The van der Waals surface area contributed by atoms with Gasteiger partial charge < -0.3 is 5.32 Å². The van der Waals surface area contributed by atoms with Crippen LogP contribution < -0.4 is 5.32 Å². The van der Waals surface area contributed by atoms with Crippen LogP contribution in [-0.2, 0) is 0 Å². The lowest BCUT2D eigenvalue weighted by Gasteiger charge is -2.17. The number of hydrogen-bond donors (Lipinski definition) is 1. The second kappa shape index (κ2) is 4.41. The number of thiophene rings is 1. The second-order valence-corrected chi connectivity index (χ2v) is 5.90. The molecule has 0 saturated heterocycles. The van der Waals surface area contributed by atoms with Crippen molar-refractivity contribution in [2.45, 2.75) is 19.9 Å². The number of fused-ring (bicyclic) bond motifs is 1. The van der Waals surface area contributed by atoms with Crippen molar-refractivity contribution in [3.8, 4) is 0 Å². The van der Waals surface area contributed by atoms with Crippen molar-refractivity contribution in [1.29, 1.82) is 0 Å². The monoisotopic (exact) mass is 276 g/mol. The van der Waals surface area contributed by atoms with Crippen LogP contribution in [0.25, 0.3) is 10.1 Å². The van der Waals surface area contributed by atoms with Gasteiger partial charge in [-0.05, 0) is 30.9 Å². The van der Waals surface area contributed by atoms with Crippen LogP contribution >= 0.6 is 22.9 Å². The average Bonchev–Trinajstić information content (AvgIpc) is 2.71. The first-order chi connectivity index (χ1) is 8.66. The number of hydrogen-bond acceptors (Lipinski definition) is 3. The van der Waals surface area contributed by atoms with E-state index in [4.69, 9.17) is 11.6 Å². The van der Waals surface area contributed by atoms with E-state index in [9.17, 15) is 0 Å². The highest BCUT2D eigenvalue weighted by molar-refractivity contribution is 7.19. The molecule has 0 saturated carbocycles. The Morgan fingerprint density at radius 2 is 2.06 bits per heavy atom. The molecule has 0 fully saturated rings. The van der Waals surface area contributed by atoms with Crippen molar-refractivity contribution in [2.75, 3.05) is 0 Å². The van der Waals surface area contributed by atoms with Gasteiger partial charge in [0.25, 0.3) is 0 Å². The summed E-state index contributed by atoms with van der Waals surface area (Å²) in [5, 5.41) is 5.09. The van der Waals surface area contributed by atoms with E-state index in [1.165, 1.54) is 20.5 Å². The summed E-state index contributed by atoms with van der Waals surface area (Å²) in [6.45, 7) is 4.10. The quantitative estimate of drug-likeness (QED) is 0.823. The SMILES string of the molecule is CC1=NC(c2sc3ccccc3c2C)C(Cl)=CN1. The molecule has 0 bridgehead atoms. The van der Waals surface area contributed by atoms with Gasteiger partial charge in [-0.3, -0.25) is 4.99 Å². The highest BCUT2D eigenvalue weighted by Crippen LogP contribution is 2.40. The number of aliphatic imine (C=N–C) groups is 1. The fourth-order valence-electron chi connectivity index (χ4n) is 2.18. The predicted octanol–water partition coefficient (Wildman–Crippen LogP) is 4.35. The lowest BCUT2D eigenvalue weighted by molar-refractivity contribution is 0.864. The van der Waals surface area contributed by atoms with Crippen molar-refractivity contribution in [2.24, 2.45) is 4.99 Å². The molecular weight excluding hydrogens is 264 g/mol. The van der Waals surface area contributed by atoms with E-state index in [0.717, 1.165) is 10.9 Å². The molecule has 2 nitrogen and oxygen atoms in total. The molecule has 0 amide bonds. The molecule has 1 unspecified atom stereocenters. The van der Waals surface area contributed by atoms with Crippen LogP contribution in [0.15, 0.2) is 40.5 Å². The van der Waals surface area contributed by atoms with Crippen LogP contribution in [0.1, 0.15) is 23.4 Å². The van der Waals surface area contributed by atoms with Gasteiger partial charge >= 0.3 is 0 Å². The fourth-order valence-corrected chi connectivity index (χ4v) is 3.73. The number of rotatable bonds is 1. The first kappa shape index (κ1) is 11.8. The summed E-state index contributed by atoms with van der Waals surface area (Å²) < 4.78 is 1.29. The van der Waals surface area contributed by atoms with Crippen LogP contribution in [0.2, 0.25) is 0 Å². The van der Waals surface area contributed by atoms with Gasteiger partial charge in [0, 0.05) is 15.8 Å². The molecule has 2 aromatic rings. The van der Waals surface area contributed by atoms with Gasteiger partial charge in [-0.1, -0.05) is 29.8 Å². The lowest BCUT2D eigenvalue weighted by Crippen LogP contribution is -2.20. The van der Waals surface area contributed by atoms with Gasteiger partial charge in [-0.15, -0.1) is 11.3 Å². The Morgan fingerprint density at radius 1 is 1.28 bits per heavy atom. The van der Waals surface area contributed by atoms with E-state index in [1.807, 2.05) is 13.1 Å². The molecule has 0 spiro atoms. The normalized spacial score (nSPS) is 19.4. The Labute approximate surface area is 115 Å². The number of nitrogens with zero attached hydrogens (tertiary/aromatic N) is 1. The number of benzene rings is 1. The Bertz CT molecular complexity index is 669. The fraction of sp³-hybridized carbons (Fsp3) is 0.214. The number of amidine groups is 1. The van der Waals surface area contributed by atoms with Gasteiger partial charge in [-0.2, -0.15) is 0 Å². The van der Waals surface area contributed by atoms with E-state index in [0.29, 0.717) is 0 Å². The summed E-state index contributed by atoms with van der Waals surface area (Å²) in [5.74, 6) is 0.904. The molecule has 1 aromatic heterocycles. The van der Waals surface area contributed by atoms with Crippen LogP contribution in [0, 0.1) is 6.92 Å². The van der Waals surface area contributed by atoms with Crippen molar-refractivity contribution < 1.29 is 0 Å². The maximum absolute atomic E-state index is 6.28. The van der Waals surface area contributed by atoms with Gasteiger partial charge in [0.1, 0.15) is 6.04 Å². The van der Waals surface area contributed by atoms with E-state index in [1.54, 1.807) is 11.3 Å². The third kappa shape index (κ3) is 1.84. The molecule has 92 valence electrons. The summed E-state index contributed by atoms with van der Waals surface area (Å²) in [7, 11) is 0. The molecule has 0 aliphatic carbocycles. The number of nitrogens with one attached hydrogen (secondary N) is 1. The lowest BCUT2D eigenvalue weighted by atomic mass is 10.1. The highest BCUT2D eigenvalue weighted by atomic mass is 35.5. The van der Waals surface area contributed by atoms with Crippen LogP contribution in [0.5, 0.6) is 0 Å². The molecule has 3 rings (SSSR count). The predicted molar refractivity (Wildman–Crippen MR) is 79.5 cm³/mol. The Hall–Kier alpha value is -1.32. The smallest absolute Gasteiger partial charge is 0.123 e. The summed E-state index contributed by atoms with van der Waals surface area (Å²) in [6.07, 6.45) is 1.83. The summed E-state index contributed by atoms with van der Waals surface area (Å²) in [5.41, 5.74) is 1.28. The second-order valence-electron chi connectivity index (χ2n) is 4.38. The Balaban J connectivity index is 2.17. The molecule has 2 heterocycles. The minimum absolute atomic E-state index is 0.0506. The van der Waals surface area contributed by atoms with Gasteiger partial charge in [-0.25, -0.2) is 0 Å². The molecule has 1 N–H and O–H groups in total. The van der Waals surface area contributed by atoms with E-state index >= 15 is 0 Å². The molecular formula is C14H13ClN2S. The average molecular weight is 277 g/mol. The van der Waals surface area contributed by atoms with Crippen LogP contribution in [-0.4, -0.2) is 5.84 Å². The minimum atomic E-state index is -0.0506. The largest absolute Gasteiger partial charge is 0.349 e. The van der Waals surface area contributed by atoms with Crippen molar-refractivity contribution in [1.82, 2.24) is 5.32 Å². The molecule has 4 heteroatoms. The zero-order chi connectivity index (χ0) is 12.7. The Kier molecular flexibility index (Phi) is 2.88. The third-order valence-corrected chi connectivity index (χ3v) is 4.77. The van der Waals surface area contributed by atoms with Crippen LogP contribution in [0.3, 0.4) is 0 Å². The molecule has 0 radical (unpaired) electrons. The number of halogens is 1. The minimum Gasteiger partial charge on any atom is -0.349 e. The molecule has 1 atom stereocenters. The first-order valence-electron chi connectivity index (χ1n) is 5.81. The van der Waals surface area contributed by atoms with Crippen molar-refractivity contribution in [3.05, 3.63) is 45.9 Å². The molecule has 1 aliphatic rings. The topological polar surface area (TPSA) is 24.4 Å². The molecule has 1 aromatic carbocycles. The van der Waals surface area contributed by atoms with E-state index in [-0.39, 0.29) is 6.04 Å². The Morgan fingerprint density at radius 3 is 2.83 bits per heavy atom. The zero-order valence-corrected chi connectivity index (χ0v) is 11.8. The van der Waals surface area contributed by atoms with E-state index < -0.39 is 0 Å². The maximum Gasteiger partial charge on any atom is 0.123 e. The van der Waals surface area contributed by atoms with Crippen LogP contribution in [0.4, 0.5) is 0 Å². The standard InChI is InChI=1S/C14H13ClN2S/c1-8-10-5-3-4-6-12(10)18-14(8)13-11(15)7-16-9(2)17-13/h3-7,13H,1-2H3,(H,16,17). The molecule has 18 heavy (non-hydrogen) atoms. The van der Waals surface area contributed by atoms with Gasteiger partial charge in [0.2, 0.25) is 0 Å². The van der Waals surface area contributed by atoms with Crippen molar-refractivity contribution >= 4 is 38.9 Å². The highest BCUT2D eigenvalue weighted by Gasteiger charge is 2.22. The molecule has 1 aliphatic heterocycles. The van der Waals surface area contributed by atoms with Crippen molar-refractivity contribution in [3.63, 3.8) is 0 Å². The summed E-state index contributed by atoms with van der Waals surface area (Å²) >= 11 is 8.06. The zero-order valence-electron chi connectivity index (χ0n) is 10.2. The third-order valence-electron chi connectivity index (χ3n) is 3.13. The first-order valence-corrected chi connectivity index (χ1v) is 7.01.